The Balaban J connectivity index is 1.69. The molecule has 1 heterocycles. The van der Waals surface area contributed by atoms with E-state index in [0.29, 0.717) is 5.39 Å². The summed E-state index contributed by atoms with van der Waals surface area (Å²) in [5.74, 6) is -0.375. The molecule has 0 saturated carbocycles. The van der Waals surface area contributed by atoms with E-state index < -0.39 is 21.9 Å². The van der Waals surface area contributed by atoms with Crippen molar-refractivity contribution in [3.05, 3.63) is 78.0 Å². The third-order valence-corrected chi connectivity index (χ3v) is 6.86. The Bertz CT molecular complexity index is 1570. The fourth-order valence-corrected chi connectivity index (χ4v) is 5.10. The molecular formula is C25H24F3N5O3S. The van der Waals surface area contributed by atoms with Gasteiger partial charge in [-0.2, -0.15) is 13.2 Å². The van der Waals surface area contributed by atoms with E-state index in [1.54, 1.807) is 18.2 Å². The topological polar surface area (TPSA) is 124 Å². The number of benzene rings is 3. The lowest BCUT2D eigenvalue weighted by atomic mass is 10.1. The molecule has 0 amide bonds. The number of hydrogen-bond donors (Lipinski definition) is 3. The molecule has 4 rings (SSSR count). The van der Waals surface area contributed by atoms with Crippen molar-refractivity contribution < 1.29 is 26.3 Å². The van der Waals surface area contributed by atoms with Gasteiger partial charge in [0.05, 0.1) is 10.6 Å². The van der Waals surface area contributed by atoms with E-state index in [1.165, 1.54) is 30.3 Å². The van der Waals surface area contributed by atoms with Crippen LogP contribution in [0.15, 0.2) is 71.6 Å². The molecule has 0 spiro atoms. The van der Waals surface area contributed by atoms with E-state index >= 15 is 0 Å². The highest BCUT2D eigenvalue weighted by Crippen LogP contribution is 2.34. The second kappa shape index (κ2) is 9.79. The van der Waals surface area contributed by atoms with Crippen molar-refractivity contribution in [2.45, 2.75) is 17.6 Å². The Morgan fingerprint density at radius 3 is 2.38 bits per heavy atom. The predicted octanol–water partition coefficient (Wildman–Crippen LogP) is 4.95. The van der Waals surface area contributed by atoms with Crippen LogP contribution in [0.2, 0.25) is 0 Å². The normalized spacial score (nSPS) is 11.9. The molecule has 8 nitrogen and oxygen atoms in total. The lowest BCUT2D eigenvalue weighted by Crippen LogP contribution is -2.14. The molecule has 3 aromatic carbocycles. The third kappa shape index (κ3) is 5.70. The SMILES string of the molecule is CN(C)c1cccc2c(S(=O)(=O)Nc3cc(N)cc(Oc4cc(CN)cc(C(F)(F)F)n4)c3)cccc12. The summed E-state index contributed by atoms with van der Waals surface area (Å²) in [7, 11) is -0.367. The van der Waals surface area contributed by atoms with Gasteiger partial charge in [0.15, 0.2) is 0 Å². The summed E-state index contributed by atoms with van der Waals surface area (Å²) >= 11 is 0. The molecule has 0 bridgehead atoms. The zero-order chi connectivity index (χ0) is 27.0. The van der Waals surface area contributed by atoms with Crippen LogP contribution in [0.25, 0.3) is 10.8 Å². The van der Waals surface area contributed by atoms with Crippen LogP contribution in [0.4, 0.5) is 30.2 Å². The minimum atomic E-state index is -4.70. The number of ether oxygens (including phenoxy) is 1. The molecule has 0 radical (unpaired) electrons. The number of hydrogen-bond acceptors (Lipinski definition) is 7. The highest BCUT2D eigenvalue weighted by atomic mass is 32.2. The molecule has 12 heteroatoms. The standard InChI is InChI=1S/C25H24F3N5O3S/c1-33(2)21-7-3-6-20-19(21)5-4-8-22(20)37(34,35)32-17-11-16(30)12-18(13-17)36-24-10-15(14-29)9-23(31-24)25(26,27)28/h3-13,32H,14,29-30H2,1-2H3. The maximum absolute atomic E-state index is 13.4. The molecule has 1 aromatic heterocycles. The number of alkyl halides is 3. The fourth-order valence-electron chi connectivity index (χ4n) is 3.83. The summed E-state index contributed by atoms with van der Waals surface area (Å²) in [6.07, 6.45) is -4.70. The summed E-state index contributed by atoms with van der Waals surface area (Å²) in [4.78, 5) is 5.43. The molecule has 0 aliphatic rings. The first-order valence-electron chi connectivity index (χ1n) is 11.0. The number of rotatable bonds is 7. The van der Waals surface area contributed by atoms with Crippen molar-refractivity contribution >= 4 is 37.9 Å². The van der Waals surface area contributed by atoms with E-state index in [4.69, 9.17) is 16.2 Å². The zero-order valence-corrected chi connectivity index (χ0v) is 20.7. The molecule has 0 aliphatic carbocycles. The maximum atomic E-state index is 13.4. The largest absolute Gasteiger partial charge is 0.439 e. The van der Waals surface area contributed by atoms with Crippen LogP contribution in [0.3, 0.4) is 0 Å². The van der Waals surface area contributed by atoms with Gasteiger partial charge in [0.2, 0.25) is 5.88 Å². The molecule has 37 heavy (non-hydrogen) atoms. The van der Waals surface area contributed by atoms with E-state index in [1.807, 2.05) is 31.1 Å². The molecule has 0 saturated heterocycles. The number of fused-ring (bicyclic) bond motifs is 1. The van der Waals surface area contributed by atoms with Gasteiger partial charge in [-0.25, -0.2) is 13.4 Å². The van der Waals surface area contributed by atoms with Crippen LogP contribution in [-0.4, -0.2) is 27.5 Å². The van der Waals surface area contributed by atoms with Gasteiger partial charge >= 0.3 is 6.18 Å². The molecule has 0 atom stereocenters. The first-order valence-corrected chi connectivity index (χ1v) is 12.4. The van der Waals surface area contributed by atoms with Crippen LogP contribution in [0, 0.1) is 0 Å². The van der Waals surface area contributed by atoms with Gasteiger partial charge in [0, 0.05) is 61.0 Å². The van der Waals surface area contributed by atoms with Crippen LogP contribution in [0.1, 0.15) is 11.3 Å². The van der Waals surface area contributed by atoms with Crippen molar-refractivity contribution in [3.63, 3.8) is 0 Å². The highest BCUT2D eigenvalue weighted by Gasteiger charge is 2.33. The van der Waals surface area contributed by atoms with Crippen LogP contribution < -0.4 is 25.8 Å². The summed E-state index contributed by atoms with van der Waals surface area (Å²) in [6.45, 7) is -0.162. The van der Waals surface area contributed by atoms with Crippen LogP contribution in [-0.2, 0) is 22.7 Å². The quantitative estimate of drug-likeness (QED) is 0.288. The third-order valence-electron chi connectivity index (χ3n) is 5.42. The van der Waals surface area contributed by atoms with Gasteiger partial charge in [-0.3, -0.25) is 4.72 Å². The maximum Gasteiger partial charge on any atom is 0.433 e. The molecule has 0 unspecified atom stereocenters. The van der Waals surface area contributed by atoms with E-state index in [0.717, 1.165) is 17.1 Å². The van der Waals surface area contributed by atoms with Gasteiger partial charge in [0.25, 0.3) is 10.0 Å². The molecule has 0 fully saturated rings. The predicted molar refractivity (Wildman–Crippen MR) is 137 cm³/mol. The Morgan fingerprint density at radius 2 is 1.70 bits per heavy atom. The molecule has 0 aliphatic heterocycles. The fraction of sp³-hybridized carbons (Fsp3) is 0.160. The second-order valence-electron chi connectivity index (χ2n) is 8.42. The Labute approximate surface area is 211 Å². The molecule has 5 N–H and O–H groups in total. The summed E-state index contributed by atoms with van der Waals surface area (Å²) in [6, 6.07) is 16.4. The number of nitrogen functional groups attached to an aromatic ring is 1. The minimum absolute atomic E-state index is 0.0136. The van der Waals surface area contributed by atoms with Crippen molar-refractivity contribution in [2.24, 2.45) is 5.73 Å². The molecule has 194 valence electrons. The van der Waals surface area contributed by atoms with Gasteiger partial charge in [0.1, 0.15) is 11.4 Å². The summed E-state index contributed by atoms with van der Waals surface area (Å²) in [5, 5.41) is 1.27. The number of nitrogens with zero attached hydrogens (tertiary/aromatic N) is 2. The second-order valence-corrected chi connectivity index (χ2v) is 10.1. The number of halogens is 3. The number of anilines is 3. The Hall–Kier alpha value is -4.03. The number of aromatic nitrogens is 1. The van der Waals surface area contributed by atoms with Crippen molar-refractivity contribution in [3.8, 4) is 11.6 Å². The number of nitrogens with one attached hydrogen (secondary N) is 1. The first kappa shape index (κ1) is 26.0. The average Bonchev–Trinajstić information content (AvgIpc) is 2.81. The number of pyridine rings is 1. The zero-order valence-electron chi connectivity index (χ0n) is 19.9. The van der Waals surface area contributed by atoms with Gasteiger partial charge in [-0.15, -0.1) is 0 Å². The van der Waals surface area contributed by atoms with Crippen molar-refractivity contribution in [2.75, 3.05) is 29.5 Å². The van der Waals surface area contributed by atoms with E-state index in [-0.39, 0.29) is 40.0 Å². The Kier molecular flexibility index (Phi) is 6.89. The van der Waals surface area contributed by atoms with Crippen molar-refractivity contribution in [1.29, 1.82) is 0 Å². The van der Waals surface area contributed by atoms with E-state index in [9.17, 15) is 21.6 Å². The monoisotopic (exact) mass is 531 g/mol. The molecule has 4 aromatic rings. The number of nitrogens with two attached hydrogens (primary N) is 2. The summed E-state index contributed by atoms with van der Waals surface area (Å²) < 4.78 is 74.4. The smallest absolute Gasteiger partial charge is 0.433 e. The van der Waals surface area contributed by atoms with Gasteiger partial charge < -0.3 is 21.1 Å². The number of sulfonamides is 1. The summed E-state index contributed by atoms with van der Waals surface area (Å²) in [5.41, 5.74) is 11.5. The molecular weight excluding hydrogens is 507 g/mol. The van der Waals surface area contributed by atoms with Crippen LogP contribution >= 0.6 is 0 Å². The first-order chi connectivity index (χ1) is 17.4. The lowest BCUT2D eigenvalue weighted by Gasteiger charge is -2.17. The van der Waals surface area contributed by atoms with Crippen LogP contribution in [0.5, 0.6) is 11.6 Å². The minimum Gasteiger partial charge on any atom is -0.439 e. The van der Waals surface area contributed by atoms with E-state index in [2.05, 4.69) is 9.71 Å². The highest BCUT2D eigenvalue weighted by molar-refractivity contribution is 7.93. The van der Waals surface area contributed by atoms with Gasteiger partial charge in [-0.05, 0) is 29.8 Å². The average molecular weight is 532 g/mol. The Morgan fingerprint density at radius 1 is 1.00 bits per heavy atom. The lowest BCUT2D eigenvalue weighted by molar-refractivity contribution is -0.141. The van der Waals surface area contributed by atoms with Gasteiger partial charge in [-0.1, -0.05) is 24.3 Å². The van der Waals surface area contributed by atoms with Crippen molar-refractivity contribution in [1.82, 2.24) is 4.98 Å².